The van der Waals surface area contributed by atoms with Crippen LogP contribution < -0.4 is 4.74 Å². The first kappa shape index (κ1) is 19.1. The van der Waals surface area contributed by atoms with Crippen LogP contribution in [0, 0.1) is 0 Å². The smallest absolute Gasteiger partial charge is 0.290 e. The Hall–Kier alpha value is -2.64. The molecule has 0 fully saturated rings. The lowest BCUT2D eigenvalue weighted by Crippen LogP contribution is -2.32. The number of carbonyl (C=O) groups excluding carboxylic acids is 2. The van der Waals surface area contributed by atoms with Crippen molar-refractivity contribution in [1.82, 2.24) is 4.90 Å². The molecule has 0 spiro atoms. The van der Waals surface area contributed by atoms with Crippen LogP contribution >= 0.6 is 11.3 Å². The number of benzene rings is 1. The van der Waals surface area contributed by atoms with E-state index in [0.717, 1.165) is 5.56 Å². The molecule has 2 aromatic rings. The van der Waals surface area contributed by atoms with Crippen LogP contribution in [-0.4, -0.2) is 49.1 Å². The summed E-state index contributed by atoms with van der Waals surface area (Å²) < 4.78 is 10.3. The van der Waals surface area contributed by atoms with Gasteiger partial charge in [-0.05, 0) is 35.6 Å². The Kier molecular flexibility index (Phi) is 5.93. The molecule has 6 nitrogen and oxygen atoms in total. The Morgan fingerprint density at radius 2 is 1.96 bits per heavy atom. The third kappa shape index (κ3) is 3.74. The van der Waals surface area contributed by atoms with Gasteiger partial charge in [0, 0.05) is 20.3 Å². The quantitative estimate of drug-likeness (QED) is 0.555. The van der Waals surface area contributed by atoms with Crippen LogP contribution in [0.4, 0.5) is 0 Å². The van der Waals surface area contributed by atoms with Crippen LogP contribution in [0.25, 0.3) is 0 Å². The highest BCUT2D eigenvalue weighted by Gasteiger charge is 2.43. The SMILES string of the molecule is COCCCN1C(=O)C(O)=C(C(=O)c2cccs2)C1c1ccc(OC)cc1. The molecule has 1 amide bonds. The molecule has 2 heterocycles. The molecular formula is C20H21NO5S. The highest BCUT2D eigenvalue weighted by atomic mass is 32.1. The summed E-state index contributed by atoms with van der Waals surface area (Å²) in [5.41, 5.74) is 0.857. The van der Waals surface area contributed by atoms with E-state index >= 15 is 0 Å². The molecule has 0 saturated carbocycles. The highest BCUT2D eigenvalue weighted by Crippen LogP contribution is 2.39. The number of ether oxygens (including phenoxy) is 2. The zero-order valence-electron chi connectivity index (χ0n) is 15.2. The van der Waals surface area contributed by atoms with E-state index in [1.54, 1.807) is 56.0 Å². The lowest BCUT2D eigenvalue weighted by Gasteiger charge is -2.26. The Morgan fingerprint density at radius 1 is 1.22 bits per heavy atom. The normalized spacial score (nSPS) is 16.9. The van der Waals surface area contributed by atoms with E-state index in [2.05, 4.69) is 0 Å². The summed E-state index contributed by atoms with van der Waals surface area (Å²) in [6.07, 6.45) is 0.600. The first-order valence-electron chi connectivity index (χ1n) is 8.53. The number of Topliss-reactive ketones (excluding diaryl/α,β-unsaturated/α-hetero) is 1. The van der Waals surface area contributed by atoms with Gasteiger partial charge in [0.1, 0.15) is 5.75 Å². The minimum absolute atomic E-state index is 0.116. The maximum absolute atomic E-state index is 13.0. The molecule has 1 aliphatic rings. The minimum Gasteiger partial charge on any atom is -0.503 e. The fourth-order valence-corrected chi connectivity index (χ4v) is 3.85. The molecule has 27 heavy (non-hydrogen) atoms. The van der Waals surface area contributed by atoms with Crippen molar-refractivity contribution in [3.8, 4) is 5.75 Å². The van der Waals surface area contributed by atoms with E-state index in [1.165, 1.54) is 16.2 Å². The topological polar surface area (TPSA) is 76.1 Å². The molecule has 1 atom stereocenters. The largest absolute Gasteiger partial charge is 0.503 e. The summed E-state index contributed by atoms with van der Waals surface area (Å²) >= 11 is 1.28. The van der Waals surface area contributed by atoms with Crippen molar-refractivity contribution < 1.29 is 24.2 Å². The Balaban J connectivity index is 2.01. The second-order valence-corrected chi connectivity index (χ2v) is 7.04. The van der Waals surface area contributed by atoms with Crippen molar-refractivity contribution in [1.29, 1.82) is 0 Å². The van der Waals surface area contributed by atoms with Gasteiger partial charge in [-0.1, -0.05) is 18.2 Å². The van der Waals surface area contributed by atoms with E-state index in [4.69, 9.17) is 9.47 Å². The van der Waals surface area contributed by atoms with Gasteiger partial charge in [0.2, 0.25) is 5.78 Å². The molecule has 0 radical (unpaired) electrons. The van der Waals surface area contributed by atoms with E-state index in [1.807, 2.05) is 0 Å². The van der Waals surface area contributed by atoms with Crippen molar-refractivity contribution >= 4 is 23.0 Å². The second-order valence-electron chi connectivity index (χ2n) is 6.09. The summed E-state index contributed by atoms with van der Waals surface area (Å²) in [6.45, 7) is 0.850. The number of nitrogens with zero attached hydrogens (tertiary/aromatic N) is 1. The molecule has 7 heteroatoms. The van der Waals surface area contributed by atoms with Crippen LogP contribution in [0.2, 0.25) is 0 Å². The predicted octanol–water partition coefficient (Wildman–Crippen LogP) is 3.37. The van der Waals surface area contributed by atoms with Gasteiger partial charge in [-0.3, -0.25) is 9.59 Å². The number of methoxy groups -OCH3 is 2. The molecule has 142 valence electrons. The van der Waals surface area contributed by atoms with E-state index in [0.29, 0.717) is 30.2 Å². The number of amides is 1. The zero-order valence-corrected chi connectivity index (χ0v) is 16.0. The average Bonchev–Trinajstić information content (AvgIpc) is 3.31. The molecule has 1 aromatic heterocycles. The number of hydrogen-bond acceptors (Lipinski definition) is 6. The number of hydrogen-bond donors (Lipinski definition) is 1. The third-order valence-electron chi connectivity index (χ3n) is 4.47. The molecule has 0 saturated heterocycles. The van der Waals surface area contributed by atoms with Gasteiger partial charge in [-0.15, -0.1) is 11.3 Å². The Morgan fingerprint density at radius 3 is 2.56 bits per heavy atom. The minimum atomic E-state index is -0.644. The molecule has 1 aliphatic heterocycles. The van der Waals surface area contributed by atoms with Crippen molar-refractivity contribution in [2.24, 2.45) is 0 Å². The Bertz CT molecular complexity index is 842. The van der Waals surface area contributed by atoms with Gasteiger partial charge in [-0.2, -0.15) is 0 Å². The van der Waals surface area contributed by atoms with E-state index in [-0.39, 0.29) is 11.4 Å². The third-order valence-corrected chi connectivity index (χ3v) is 5.34. The van der Waals surface area contributed by atoms with Crippen LogP contribution in [0.3, 0.4) is 0 Å². The Labute approximate surface area is 161 Å². The fourth-order valence-electron chi connectivity index (χ4n) is 3.17. The number of ketones is 1. The van der Waals surface area contributed by atoms with Gasteiger partial charge < -0.3 is 19.5 Å². The fraction of sp³-hybridized carbons (Fsp3) is 0.300. The standard InChI is InChI=1S/C20H21NO5S/c1-25-11-4-10-21-17(13-6-8-14(26-2)9-7-13)16(19(23)20(21)24)18(22)15-5-3-12-27-15/h3,5-9,12,17,23H,4,10-11H2,1-2H3. The average molecular weight is 387 g/mol. The monoisotopic (exact) mass is 387 g/mol. The number of aliphatic hydroxyl groups excluding tert-OH is 1. The lowest BCUT2D eigenvalue weighted by molar-refractivity contribution is -0.129. The van der Waals surface area contributed by atoms with Gasteiger partial charge in [0.25, 0.3) is 5.91 Å². The summed E-state index contributed by atoms with van der Waals surface area (Å²) in [5.74, 6) is -0.669. The number of aliphatic hydroxyl groups is 1. The lowest BCUT2D eigenvalue weighted by atomic mass is 9.95. The molecule has 1 aromatic carbocycles. The van der Waals surface area contributed by atoms with Crippen LogP contribution in [0.15, 0.2) is 53.1 Å². The van der Waals surface area contributed by atoms with Crippen molar-refractivity contribution in [2.45, 2.75) is 12.5 Å². The molecule has 0 aliphatic carbocycles. The van der Waals surface area contributed by atoms with E-state index < -0.39 is 17.7 Å². The summed E-state index contributed by atoms with van der Waals surface area (Å²) in [4.78, 5) is 27.7. The summed E-state index contributed by atoms with van der Waals surface area (Å²) in [7, 11) is 3.16. The predicted molar refractivity (Wildman–Crippen MR) is 102 cm³/mol. The molecule has 1 unspecified atom stereocenters. The van der Waals surface area contributed by atoms with Crippen molar-refractivity contribution in [3.63, 3.8) is 0 Å². The summed E-state index contributed by atoms with van der Waals surface area (Å²) in [6, 6.07) is 9.98. The van der Waals surface area contributed by atoms with Gasteiger partial charge >= 0.3 is 0 Å². The van der Waals surface area contributed by atoms with Crippen LogP contribution in [0.1, 0.15) is 27.7 Å². The summed E-state index contributed by atoms with van der Waals surface area (Å²) in [5, 5.41) is 12.3. The van der Waals surface area contributed by atoms with E-state index in [9.17, 15) is 14.7 Å². The maximum atomic E-state index is 13.0. The second kappa shape index (κ2) is 8.37. The van der Waals surface area contributed by atoms with Crippen LogP contribution in [-0.2, 0) is 9.53 Å². The van der Waals surface area contributed by atoms with Crippen molar-refractivity contribution in [2.75, 3.05) is 27.4 Å². The van der Waals surface area contributed by atoms with Gasteiger partial charge in [0.15, 0.2) is 5.76 Å². The molecular weight excluding hydrogens is 366 g/mol. The first-order chi connectivity index (χ1) is 13.1. The maximum Gasteiger partial charge on any atom is 0.290 e. The number of carbonyl (C=O) groups is 2. The molecule has 3 rings (SSSR count). The molecule has 0 bridgehead atoms. The van der Waals surface area contributed by atoms with Gasteiger partial charge in [-0.25, -0.2) is 0 Å². The van der Waals surface area contributed by atoms with Crippen molar-refractivity contribution in [3.05, 3.63) is 63.6 Å². The number of rotatable bonds is 8. The highest BCUT2D eigenvalue weighted by molar-refractivity contribution is 7.12. The van der Waals surface area contributed by atoms with Crippen LogP contribution in [0.5, 0.6) is 5.75 Å². The molecule has 1 N–H and O–H groups in total. The first-order valence-corrected chi connectivity index (χ1v) is 9.41. The van der Waals surface area contributed by atoms with Gasteiger partial charge in [0.05, 0.1) is 23.6 Å². The zero-order chi connectivity index (χ0) is 19.4. The number of thiophene rings is 1.